The van der Waals surface area contributed by atoms with E-state index in [-0.39, 0.29) is 11.5 Å². The summed E-state index contributed by atoms with van der Waals surface area (Å²) in [4.78, 5) is 23.5. The number of amides is 2. The molecule has 0 fully saturated rings. The normalized spacial score (nSPS) is 10.5. The molecule has 2 aromatic carbocycles. The van der Waals surface area contributed by atoms with Gasteiger partial charge in [-0.1, -0.05) is 17.7 Å². The number of aryl methyl sites for hydroxylation is 1. The number of phenols is 1. The molecule has 8 heteroatoms. The van der Waals surface area contributed by atoms with Gasteiger partial charge in [-0.05, 0) is 48.4 Å². The van der Waals surface area contributed by atoms with Crippen molar-refractivity contribution in [3.63, 3.8) is 0 Å². The largest absolute Gasteiger partial charge is 0.504 e. The maximum Gasteiger partial charge on any atom is 0.329 e. The summed E-state index contributed by atoms with van der Waals surface area (Å²) in [5.74, 6) is -1.55. The van der Waals surface area contributed by atoms with Crippen molar-refractivity contribution in [1.82, 2.24) is 5.43 Å². The quantitative estimate of drug-likeness (QED) is 0.442. The predicted molar refractivity (Wildman–Crippen MR) is 95.2 cm³/mol. The number of carbonyl (C=O) groups is 2. The van der Waals surface area contributed by atoms with Crippen molar-refractivity contribution in [2.24, 2.45) is 5.10 Å². The molecule has 0 saturated heterocycles. The number of hydrazone groups is 1. The lowest BCUT2D eigenvalue weighted by atomic mass is 10.2. The zero-order chi connectivity index (χ0) is 18.4. The lowest BCUT2D eigenvalue weighted by Crippen LogP contribution is -2.32. The van der Waals surface area contributed by atoms with Crippen LogP contribution < -0.4 is 15.5 Å². The van der Waals surface area contributed by atoms with Crippen LogP contribution in [0.4, 0.5) is 5.69 Å². The molecule has 0 unspecified atom stereocenters. The molecule has 7 nitrogen and oxygen atoms in total. The van der Waals surface area contributed by atoms with Crippen molar-refractivity contribution in [3.05, 3.63) is 52.5 Å². The number of rotatable bonds is 4. The molecule has 0 aliphatic rings. The second kappa shape index (κ2) is 8.16. The Labute approximate surface area is 149 Å². The van der Waals surface area contributed by atoms with Gasteiger partial charge in [0, 0.05) is 10.7 Å². The molecular formula is C17H16ClN3O4. The fourth-order valence-electron chi connectivity index (χ4n) is 1.85. The molecule has 0 radical (unpaired) electrons. The van der Waals surface area contributed by atoms with Crippen LogP contribution in [0.1, 0.15) is 11.1 Å². The minimum Gasteiger partial charge on any atom is -0.504 e. The van der Waals surface area contributed by atoms with Crippen molar-refractivity contribution >= 4 is 35.3 Å². The molecule has 2 amide bonds. The number of ether oxygens (including phenoxy) is 1. The Morgan fingerprint density at radius 1 is 1.20 bits per heavy atom. The molecule has 0 heterocycles. The summed E-state index contributed by atoms with van der Waals surface area (Å²) in [6, 6.07) is 9.44. The van der Waals surface area contributed by atoms with Crippen molar-refractivity contribution in [2.75, 3.05) is 12.4 Å². The van der Waals surface area contributed by atoms with E-state index in [4.69, 9.17) is 16.3 Å². The second-order valence-electron chi connectivity index (χ2n) is 5.05. The SMILES string of the molecule is COc1cc(/C=N/NC(=O)C(=O)Nc2ccc(C)c(Cl)c2)ccc1O. The Morgan fingerprint density at radius 2 is 1.96 bits per heavy atom. The standard InChI is InChI=1S/C17H16ClN3O4/c1-10-3-5-12(8-13(10)18)20-16(23)17(24)21-19-9-11-4-6-14(22)15(7-11)25-2/h3-9,22H,1-2H3,(H,20,23)(H,21,24)/b19-9+. The molecule has 2 rings (SSSR count). The summed E-state index contributed by atoms with van der Waals surface area (Å²) in [7, 11) is 1.42. The number of benzene rings is 2. The fraction of sp³-hybridized carbons (Fsp3) is 0.118. The van der Waals surface area contributed by atoms with Gasteiger partial charge < -0.3 is 15.2 Å². The van der Waals surface area contributed by atoms with Gasteiger partial charge in [0.2, 0.25) is 0 Å². The third-order valence-corrected chi connectivity index (χ3v) is 3.63. The van der Waals surface area contributed by atoms with E-state index in [1.54, 1.807) is 24.3 Å². The summed E-state index contributed by atoms with van der Waals surface area (Å²) < 4.78 is 4.96. The van der Waals surface area contributed by atoms with Crippen LogP contribution >= 0.6 is 11.6 Å². The Kier molecular flexibility index (Phi) is 5.97. The van der Waals surface area contributed by atoms with Gasteiger partial charge in [0.15, 0.2) is 11.5 Å². The minimum atomic E-state index is -0.932. The molecular weight excluding hydrogens is 346 g/mol. The van der Waals surface area contributed by atoms with Crippen LogP contribution in [-0.2, 0) is 9.59 Å². The number of phenolic OH excluding ortho intramolecular Hbond substituents is 1. The van der Waals surface area contributed by atoms with Gasteiger partial charge in [0.05, 0.1) is 13.3 Å². The Morgan fingerprint density at radius 3 is 2.64 bits per heavy atom. The molecule has 3 N–H and O–H groups in total. The topological polar surface area (TPSA) is 100 Å². The van der Waals surface area contributed by atoms with Gasteiger partial charge in [-0.3, -0.25) is 9.59 Å². The van der Waals surface area contributed by atoms with E-state index >= 15 is 0 Å². The smallest absolute Gasteiger partial charge is 0.329 e. The lowest BCUT2D eigenvalue weighted by Gasteiger charge is -2.06. The van der Waals surface area contributed by atoms with Gasteiger partial charge in [-0.25, -0.2) is 5.43 Å². The van der Waals surface area contributed by atoms with Crippen molar-refractivity contribution in [2.45, 2.75) is 6.92 Å². The van der Waals surface area contributed by atoms with E-state index in [9.17, 15) is 14.7 Å². The first-order valence-electron chi connectivity index (χ1n) is 7.18. The molecule has 0 saturated carbocycles. The lowest BCUT2D eigenvalue weighted by molar-refractivity contribution is -0.136. The highest BCUT2D eigenvalue weighted by atomic mass is 35.5. The van der Waals surface area contributed by atoms with E-state index in [0.717, 1.165) is 5.56 Å². The van der Waals surface area contributed by atoms with Crippen LogP contribution in [0.25, 0.3) is 0 Å². The summed E-state index contributed by atoms with van der Waals surface area (Å²) >= 11 is 5.96. The second-order valence-corrected chi connectivity index (χ2v) is 5.46. The molecule has 25 heavy (non-hydrogen) atoms. The number of halogens is 1. The Bertz CT molecular complexity index is 837. The Balaban J connectivity index is 1.94. The van der Waals surface area contributed by atoms with E-state index in [0.29, 0.717) is 16.3 Å². The maximum atomic E-state index is 11.8. The first-order valence-corrected chi connectivity index (χ1v) is 7.56. The molecule has 0 aromatic heterocycles. The summed E-state index contributed by atoms with van der Waals surface area (Å²) in [5.41, 5.74) is 3.95. The number of hydrogen-bond donors (Lipinski definition) is 3. The van der Waals surface area contributed by atoms with E-state index < -0.39 is 11.8 Å². The highest BCUT2D eigenvalue weighted by Crippen LogP contribution is 2.25. The first kappa shape index (κ1) is 18.3. The molecule has 0 aliphatic carbocycles. The third-order valence-electron chi connectivity index (χ3n) is 3.22. The van der Waals surface area contributed by atoms with E-state index in [1.165, 1.54) is 25.5 Å². The van der Waals surface area contributed by atoms with Gasteiger partial charge >= 0.3 is 11.8 Å². The van der Waals surface area contributed by atoms with Crippen molar-refractivity contribution in [3.8, 4) is 11.5 Å². The first-order chi connectivity index (χ1) is 11.9. The maximum absolute atomic E-state index is 11.8. The number of nitrogens with zero attached hydrogens (tertiary/aromatic N) is 1. The van der Waals surface area contributed by atoms with Crippen LogP contribution in [0, 0.1) is 6.92 Å². The Hall–Kier alpha value is -3.06. The number of methoxy groups -OCH3 is 1. The van der Waals surface area contributed by atoms with Gasteiger partial charge in [-0.2, -0.15) is 5.10 Å². The van der Waals surface area contributed by atoms with Gasteiger partial charge in [0.25, 0.3) is 0 Å². The average Bonchev–Trinajstić information content (AvgIpc) is 2.59. The van der Waals surface area contributed by atoms with Gasteiger partial charge in [-0.15, -0.1) is 0 Å². The molecule has 0 aliphatic heterocycles. The average molecular weight is 362 g/mol. The van der Waals surface area contributed by atoms with Crippen LogP contribution in [-0.4, -0.2) is 30.2 Å². The zero-order valence-corrected chi connectivity index (χ0v) is 14.3. The van der Waals surface area contributed by atoms with E-state index in [2.05, 4.69) is 15.8 Å². The van der Waals surface area contributed by atoms with Crippen LogP contribution in [0.5, 0.6) is 11.5 Å². The van der Waals surface area contributed by atoms with E-state index in [1.807, 2.05) is 6.92 Å². The van der Waals surface area contributed by atoms with Crippen LogP contribution in [0.3, 0.4) is 0 Å². The number of carbonyl (C=O) groups excluding carboxylic acids is 2. The fourth-order valence-corrected chi connectivity index (χ4v) is 2.03. The number of nitrogens with one attached hydrogen (secondary N) is 2. The molecule has 0 atom stereocenters. The van der Waals surface area contributed by atoms with Crippen molar-refractivity contribution < 1.29 is 19.4 Å². The third kappa shape index (κ3) is 4.95. The highest BCUT2D eigenvalue weighted by Gasteiger charge is 2.13. The monoisotopic (exact) mass is 361 g/mol. The molecule has 2 aromatic rings. The summed E-state index contributed by atoms with van der Waals surface area (Å²) in [6.45, 7) is 1.83. The molecule has 130 valence electrons. The van der Waals surface area contributed by atoms with Crippen molar-refractivity contribution in [1.29, 1.82) is 0 Å². The molecule has 0 bridgehead atoms. The minimum absolute atomic E-state index is 0.0141. The van der Waals surface area contributed by atoms with Crippen LogP contribution in [0.15, 0.2) is 41.5 Å². The highest BCUT2D eigenvalue weighted by molar-refractivity contribution is 6.39. The summed E-state index contributed by atoms with van der Waals surface area (Å²) in [6.07, 6.45) is 1.32. The molecule has 0 spiro atoms. The zero-order valence-electron chi connectivity index (χ0n) is 13.5. The number of anilines is 1. The number of aromatic hydroxyl groups is 1. The summed E-state index contributed by atoms with van der Waals surface area (Å²) in [5, 5.41) is 16.1. The van der Waals surface area contributed by atoms with Crippen LogP contribution in [0.2, 0.25) is 5.02 Å². The van der Waals surface area contributed by atoms with Gasteiger partial charge in [0.1, 0.15) is 0 Å². The number of hydrogen-bond acceptors (Lipinski definition) is 5. The predicted octanol–water partition coefficient (Wildman–Crippen LogP) is 2.45.